The third kappa shape index (κ3) is 5.74. The minimum atomic E-state index is -0.322. The van der Waals surface area contributed by atoms with Gasteiger partial charge in [0, 0.05) is 15.2 Å². The van der Waals surface area contributed by atoms with E-state index >= 15 is 0 Å². The number of benzene rings is 2. The normalized spacial score (nSPS) is 15.3. The highest BCUT2D eigenvalue weighted by Crippen LogP contribution is 2.38. The van der Waals surface area contributed by atoms with E-state index in [9.17, 15) is 9.59 Å². The molecular formula is C21H13BrCl2N2O2S3. The number of rotatable bonds is 6. The average molecular weight is 572 g/mol. The monoisotopic (exact) mass is 570 g/mol. The van der Waals surface area contributed by atoms with Gasteiger partial charge < -0.3 is 0 Å². The summed E-state index contributed by atoms with van der Waals surface area (Å²) in [7, 11) is 0. The molecule has 0 atom stereocenters. The Labute approximate surface area is 210 Å². The Morgan fingerprint density at radius 1 is 1.03 bits per heavy atom. The molecule has 1 fully saturated rings. The van der Waals surface area contributed by atoms with Crippen molar-refractivity contribution in [2.24, 2.45) is 0 Å². The maximum atomic E-state index is 12.8. The van der Waals surface area contributed by atoms with Crippen LogP contribution < -0.4 is 0 Å². The molecule has 0 spiro atoms. The third-order valence-electron chi connectivity index (χ3n) is 4.26. The van der Waals surface area contributed by atoms with Gasteiger partial charge in [-0.25, -0.2) is 4.98 Å². The van der Waals surface area contributed by atoms with Gasteiger partial charge in [-0.1, -0.05) is 75.2 Å². The number of thiazole rings is 1. The molecule has 1 aliphatic heterocycles. The third-order valence-corrected chi connectivity index (χ3v) is 8.56. The standard InChI is InChI=1S/C21H13BrCl2N2O2S3/c22-14-5-1-12(2-6-14)10-26-19(27)17(31-21(26)28)9-16-18(24)25-20(30-16)29-11-13-3-7-15(23)8-4-13/h1-9H,10-11H2/b17-9-. The number of hydrogen-bond acceptors (Lipinski definition) is 6. The van der Waals surface area contributed by atoms with Crippen molar-refractivity contribution >= 4 is 91.2 Å². The largest absolute Gasteiger partial charge is 0.293 e. The van der Waals surface area contributed by atoms with E-state index in [0.29, 0.717) is 20.0 Å². The summed E-state index contributed by atoms with van der Waals surface area (Å²) in [5, 5.41) is 0.725. The van der Waals surface area contributed by atoms with Crippen molar-refractivity contribution in [2.75, 3.05) is 0 Å². The van der Waals surface area contributed by atoms with Gasteiger partial charge in [-0.15, -0.1) is 11.3 Å². The van der Waals surface area contributed by atoms with Crippen molar-refractivity contribution in [3.63, 3.8) is 0 Å². The second-order valence-corrected chi connectivity index (χ2v) is 11.4. The number of carbonyl (C=O) groups excluding carboxylic acids is 2. The van der Waals surface area contributed by atoms with Crippen molar-refractivity contribution < 1.29 is 9.59 Å². The fraction of sp³-hybridized carbons (Fsp3) is 0.0952. The van der Waals surface area contributed by atoms with Crippen LogP contribution in [0.4, 0.5) is 4.79 Å². The van der Waals surface area contributed by atoms with Gasteiger partial charge in [0.25, 0.3) is 11.1 Å². The van der Waals surface area contributed by atoms with Crippen molar-refractivity contribution in [3.8, 4) is 0 Å². The lowest BCUT2D eigenvalue weighted by molar-refractivity contribution is -0.123. The first-order valence-electron chi connectivity index (χ1n) is 8.92. The molecule has 1 aliphatic rings. The van der Waals surface area contributed by atoms with Crippen LogP contribution in [0.2, 0.25) is 10.2 Å². The van der Waals surface area contributed by atoms with Crippen molar-refractivity contribution in [3.05, 3.63) is 84.1 Å². The van der Waals surface area contributed by atoms with Gasteiger partial charge in [0.15, 0.2) is 4.34 Å². The first-order valence-corrected chi connectivity index (χ1v) is 13.1. The first kappa shape index (κ1) is 22.9. The van der Waals surface area contributed by atoms with E-state index < -0.39 is 0 Å². The maximum absolute atomic E-state index is 12.8. The van der Waals surface area contributed by atoms with Crippen LogP contribution in [0, 0.1) is 0 Å². The molecule has 0 saturated carbocycles. The number of amides is 2. The molecule has 0 radical (unpaired) electrons. The molecule has 4 rings (SSSR count). The second kappa shape index (κ2) is 10.1. The lowest BCUT2D eigenvalue weighted by atomic mass is 10.2. The van der Waals surface area contributed by atoms with Gasteiger partial charge >= 0.3 is 0 Å². The van der Waals surface area contributed by atoms with Crippen LogP contribution >= 0.6 is 74.0 Å². The van der Waals surface area contributed by atoms with Crippen LogP contribution in [0.25, 0.3) is 6.08 Å². The fourth-order valence-corrected chi connectivity index (χ4v) is 6.29. The summed E-state index contributed by atoms with van der Waals surface area (Å²) in [6.07, 6.45) is 1.65. The molecule has 1 aromatic heterocycles. The number of carbonyl (C=O) groups is 2. The van der Waals surface area contributed by atoms with Gasteiger partial charge in [0.2, 0.25) is 0 Å². The summed E-state index contributed by atoms with van der Waals surface area (Å²) in [5.74, 6) is 0.405. The molecule has 3 aromatic rings. The zero-order valence-corrected chi connectivity index (χ0v) is 21.2. The van der Waals surface area contributed by atoms with Crippen LogP contribution in [0.15, 0.2) is 62.2 Å². The van der Waals surface area contributed by atoms with Gasteiger partial charge in [0.05, 0.1) is 16.3 Å². The molecule has 158 valence electrons. The highest BCUT2D eigenvalue weighted by atomic mass is 79.9. The predicted molar refractivity (Wildman–Crippen MR) is 134 cm³/mol. The summed E-state index contributed by atoms with van der Waals surface area (Å²) in [4.78, 5) is 31.8. The Hall–Kier alpha value is -1.29. The number of halogens is 3. The van der Waals surface area contributed by atoms with E-state index in [4.69, 9.17) is 23.2 Å². The van der Waals surface area contributed by atoms with E-state index in [2.05, 4.69) is 20.9 Å². The average Bonchev–Trinajstić information content (AvgIpc) is 3.23. The molecule has 2 amide bonds. The minimum Gasteiger partial charge on any atom is -0.268 e. The Morgan fingerprint density at radius 2 is 1.71 bits per heavy atom. The summed E-state index contributed by atoms with van der Waals surface area (Å²) in [5.41, 5.74) is 2.00. The van der Waals surface area contributed by atoms with Crippen LogP contribution in [0.3, 0.4) is 0 Å². The molecule has 0 bridgehead atoms. The van der Waals surface area contributed by atoms with Crippen molar-refractivity contribution in [2.45, 2.75) is 16.6 Å². The second-order valence-electron chi connectivity index (χ2n) is 6.44. The summed E-state index contributed by atoms with van der Waals surface area (Å²) in [6.45, 7) is 0.230. The molecule has 0 aliphatic carbocycles. The highest BCUT2D eigenvalue weighted by Gasteiger charge is 2.35. The van der Waals surface area contributed by atoms with Crippen LogP contribution in [-0.2, 0) is 17.1 Å². The molecule has 10 heteroatoms. The molecule has 2 heterocycles. The minimum absolute atomic E-state index is 0.230. The molecule has 31 heavy (non-hydrogen) atoms. The molecule has 0 N–H and O–H groups in total. The maximum Gasteiger partial charge on any atom is 0.293 e. The van der Waals surface area contributed by atoms with Crippen LogP contribution in [0.1, 0.15) is 16.0 Å². The van der Waals surface area contributed by atoms with E-state index in [-0.39, 0.29) is 17.7 Å². The Kier molecular flexibility index (Phi) is 7.46. The molecule has 1 saturated heterocycles. The Morgan fingerprint density at radius 3 is 2.42 bits per heavy atom. The van der Waals surface area contributed by atoms with Gasteiger partial charge in [-0.3, -0.25) is 14.5 Å². The van der Waals surface area contributed by atoms with Crippen LogP contribution in [-0.4, -0.2) is 21.0 Å². The van der Waals surface area contributed by atoms with Gasteiger partial charge in [-0.05, 0) is 53.2 Å². The van der Waals surface area contributed by atoms with E-state index in [1.165, 1.54) is 16.2 Å². The molecule has 2 aromatic carbocycles. The van der Waals surface area contributed by atoms with E-state index in [1.807, 2.05) is 48.5 Å². The topological polar surface area (TPSA) is 50.3 Å². The number of imide groups is 1. The highest BCUT2D eigenvalue weighted by molar-refractivity contribution is 9.10. The smallest absolute Gasteiger partial charge is 0.268 e. The van der Waals surface area contributed by atoms with E-state index in [0.717, 1.165) is 37.5 Å². The lowest BCUT2D eigenvalue weighted by Gasteiger charge is -2.12. The van der Waals surface area contributed by atoms with Gasteiger partial charge in [-0.2, -0.15) is 0 Å². The first-order chi connectivity index (χ1) is 14.9. The van der Waals surface area contributed by atoms with Crippen molar-refractivity contribution in [1.82, 2.24) is 9.88 Å². The van der Waals surface area contributed by atoms with E-state index in [1.54, 1.807) is 17.8 Å². The quantitative estimate of drug-likeness (QED) is 0.224. The Balaban J connectivity index is 1.45. The number of thioether (sulfide) groups is 2. The number of nitrogens with zero attached hydrogens (tertiary/aromatic N) is 2. The Bertz CT molecular complexity index is 1160. The van der Waals surface area contributed by atoms with Gasteiger partial charge in [0.1, 0.15) is 5.15 Å². The summed E-state index contributed by atoms with van der Waals surface area (Å²) >= 11 is 19.5. The SMILES string of the molecule is O=C1S/C(=C\c2sc(SCc3ccc(Cl)cc3)nc2Cl)C(=O)N1Cc1ccc(Br)cc1. The zero-order chi connectivity index (χ0) is 22.0. The molecular weight excluding hydrogens is 559 g/mol. The predicted octanol–water partition coefficient (Wildman–Crippen LogP) is 7.74. The summed E-state index contributed by atoms with van der Waals surface area (Å²) < 4.78 is 1.73. The molecule has 4 nitrogen and oxygen atoms in total. The zero-order valence-electron chi connectivity index (χ0n) is 15.7. The number of hydrogen-bond donors (Lipinski definition) is 0. The lowest BCUT2D eigenvalue weighted by Crippen LogP contribution is -2.27. The number of aromatic nitrogens is 1. The van der Waals surface area contributed by atoms with Crippen molar-refractivity contribution in [1.29, 1.82) is 0 Å². The fourth-order valence-electron chi connectivity index (χ4n) is 2.70. The molecule has 0 unspecified atom stereocenters. The van der Waals surface area contributed by atoms with Crippen LogP contribution in [0.5, 0.6) is 0 Å². The summed E-state index contributed by atoms with van der Waals surface area (Å²) in [6, 6.07) is 15.1.